The first-order valence-electron chi connectivity index (χ1n) is 3.66. The van der Waals surface area contributed by atoms with Gasteiger partial charge in [-0.2, -0.15) is 12.6 Å². The molecule has 0 aliphatic carbocycles. The molecule has 0 radical (unpaired) electrons. The first-order chi connectivity index (χ1) is 5.27. The highest BCUT2D eigenvalue weighted by molar-refractivity contribution is 9.10. The Balaban J connectivity index is 3.06. The first kappa shape index (κ1) is 9.14. The Kier molecular flexibility index (Phi) is 3.46. The van der Waals surface area contributed by atoms with E-state index >= 15 is 0 Å². The van der Waals surface area contributed by atoms with Crippen LogP contribution < -0.4 is 0 Å². The molecule has 0 fully saturated rings. The molecule has 0 aromatic heterocycles. The Labute approximate surface area is 81.5 Å². The van der Waals surface area contributed by atoms with Gasteiger partial charge in [0.05, 0.1) is 0 Å². The van der Waals surface area contributed by atoms with Crippen LogP contribution in [0.2, 0.25) is 0 Å². The summed E-state index contributed by atoms with van der Waals surface area (Å²) in [5.41, 5.74) is 2.72. The van der Waals surface area contributed by atoms with Gasteiger partial charge in [0.1, 0.15) is 0 Å². The topological polar surface area (TPSA) is 0 Å². The fourth-order valence-electron chi connectivity index (χ4n) is 1.08. The fraction of sp³-hybridized carbons (Fsp3) is 0.333. The Morgan fingerprint density at radius 3 is 2.64 bits per heavy atom. The average Bonchev–Trinajstić information content (AvgIpc) is 2.04. The molecule has 0 saturated carbocycles. The van der Waals surface area contributed by atoms with E-state index < -0.39 is 0 Å². The largest absolute Gasteiger partial charge is 0.175 e. The van der Waals surface area contributed by atoms with E-state index in [4.69, 9.17) is 0 Å². The van der Waals surface area contributed by atoms with Gasteiger partial charge in [-0.05, 0) is 29.7 Å². The highest BCUT2D eigenvalue weighted by atomic mass is 79.9. The lowest BCUT2D eigenvalue weighted by Crippen LogP contribution is -1.88. The minimum atomic E-state index is 0.830. The quantitative estimate of drug-likeness (QED) is 0.740. The van der Waals surface area contributed by atoms with Gasteiger partial charge in [-0.25, -0.2) is 0 Å². The summed E-state index contributed by atoms with van der Waals surface area (Å²) in [6.45, 7) is 2.16. The Morgan fingerprint density at radius 2 is 2.09 bits per heavy atom. The molecule has 0 bridgehead atoms. The number of benzene rings is 1. The third-order valence-corrected chi connectivity index (χ3v) is 2.55. The van der Waals surface area contributed by atoms with Gasteiger partial charge in [0.2, 0.25) is 0 Å². The zero-order chi connectivity index (χ0) is 8.27. The molecule has 0 unspecified atom stereocenters. The van der Waals surface area contributed by atoms with E-state index in [0.717, 1.165) is 16.6 Å². The van der Waals surface area contributed by atoms with E-state index in [0.29, 0.717) is 0 Å². The fourth-order valence-corrected chi connectivity index (χ4v) is 1.79. The summed E-state index contributed by atoms with van der Waals surface area (Å²) < 4.78 is 1.15. The minimum absolute atomic E-state index is 0.830. The molecule has 11 heavy (non-hydrogen) atoms. The van der Waals surface area contributed by atoms with Crippen LogP contribution in [0.25, 0.3) is 0 Å². The van der Waals surface area contributed by atoms with Crippen LogP contribution in [-0.2, 0) is 12.2 Å². The predicted molar refractivity (Wildman–Crippen MR) is 56.2 cm³/mol. The molecule has 0 N–H and O–H groups in total. The van der Waals surface area contributed by atoms with Gasteiger partial charge in [-0.1, -0.05) is 28.9 Å². The summed E-state index contributed by atoms with van der Waals surface area (Å²) >= 11 is 7.69. The summed E-state index contributed by atoms with van der Waals surface area (Å²) in [4.78, 5) is 0. The van der Waals surface area contributed by atoms with Crippen molar-refractivity contribution in [3.05, 3.63) is 33.8 Å². The summed E-state index contributed by atoms with van der Waals surface area (Å²) in [5, 5.41) is 0. The third kappa shape index (κ3) is 2.24. The molecule has 1 rings (SSSR count). The monoisotopic (exact) mass is 230 g/mol. The molecule has 0 heterocycles. The highest BCUT2D eigenvalue weighted by Crippen LogP contribution is 2.18. The van der Waals surface area contributed by atoms with Crippen LogP contribution in [0, 0.1) is 0 Å². The van der Waals surface area contributed by atoms with Gasteiger partial charge in [0.25, 0.3) is 0 Å². The molecular weight excluding hydrogens is 220 g/mol. The first-order valence-corrected chi connectivity index (χ1v) is 5.08. The summed E-state index contributed by atoms with van der Waals surface area (Å²) in [5.74, 6) is 0.830. The van der Waals surface area contributed by atoms with Crippen molar-refractivity contribution >= 4 is 28.6 Å². The van der Waals surface area contributed by atoms with Crippen molar-refractivity contribution in [1.82, 2.24) is 0 Å². The number of rotatable bonds is 2. The van der Waals surface area contributed by atoms with Gasteiger partial charge >= 0.3 is 0 Å². The van der Waals surface area contributed by atoms with Gasteiger partial charge in [-0.3, -0.25) is 0 Å². The molecule has 0 saturated heterocycles. The number of aryl methyl sites for hydroxylation is 1. The molecular formula is C9H11BrS. The maximum absolute atomic E-state index is 4.25. The van der Waals surface area contributed by atoms with Crippen molar-refractivity contribution in [2.75, 3.05) is 0 Å². The van der Waals surface area contributed by atoms with E-state index in [1.807, 2.05) is 0 Å². The van der Waals surface area contributed by atoms with Crippen molar-refractivity contribution in [2.45, 2.75) is 19.1 Å². The number of hydrogen-bond donors (Lipinski definition) is 1. The highest BCUT2D eigenvalue weighted by Gasteiger charge is 1.98. The molecule has 0 aliphatic rings. The second-order valence-corrected chi connectivity index (χ2v) is 3.66. The van der Waals surface area contributed by atoms with Crippen molar-refractivity contribution in [3.63, 3.8) is 0 Å². The summed E-state index contributed by atoms with van der Waals surface area (Å²) in [7, 11) is 0. The van der Waals surface area contributed by atoms with Crippen molar-refractivity contribution < 1.29 is 0 Å². The number of hydrogen-bond acceptors (Lipinski definition) is 1. The van der Waals surface area contributed by atoms with Crippen LogP contribution in [0.1, 0.15) is 18.1 Å². The number of halogens is 1. The molecule has 0 spiro atoms. The SMILES string of the molecule is CCc1cc(Br)ccc1CS. The standard InChI is InChI=1S/C9H11BrS/c1-2-7-5-9(10)4-3-8(7)6-11/h3-5,11H,2,6H2,1H3. The van der Waals surface area contributed by atoms with Crippen LogP contribution in [0.5, 0.6) is 0 Å². The van der Waals surface area contributed by atoms with Gasteiger partial charge in [0.15, 0.2) is 0 Å². The Bertz CT molecular complexity index is 245. The van der Waals surface area contributed by atoms with E-state index in [2.05, 4.69) is 53.7 Å². The van der Waals surface area contributed by atoms with Gasteiger partial charge < -0.3 is 0 Å². The van der Waals surface area contributed by atoms with Crippen LogP contribution in [-0.4, -0.2) is 0 Å². The lowest BCUT2D eigenvalue weighted by Gasteiger charge is -2.04. The van der Waals surface area contributed by atoms with E-state index in [9.17, 15) is 0 Å². The van der Waals surface area contributed by atoms with E-state index in [1.54, 1.807) is 0 Å². The van der Waals surface area contributed by atoms with Crippen molar-refractivity contribution in [2.24, 2.45) is 0 Å². The molecule has 0 amide bonds. The molecule has 2 heteroatoms. The molecule has 0 aliphatic heterocycles. The van der Waals surface area contributed by atoms with Crippen molar-refractivity contribution in [3.8, 4) is 0 Å². The lowest BCUT2D eigenvalue weighted by atomic mass is 10.1. The smallest absolute Gasteiger partial charge is 0.0178 e. The van der Waals surface area contributed by atoms with Crippen molar-refractivity contribution in [1.29, 1.82) is 0 Å². The van der Waals surface area contributed by atoms with Crippen LogP contribution in [0.15, 0.2) is 22.7 Å². The van der Waals surface area contributed by atoms with E-state index in [1.165, 1.54) is 11.1 Å². The van der Waals surface area contributed by atoms with Gasteiger partial charge in [0, 0.05) is 10.2 Å². The molecule has 1 aromatic rings. The molecule has 1 aromatic carbocycles. The average molecular weight is 231 g/mol. The summed E-state index contributed by atoms with van der Waals surface area (Å²) in [6, 6.07) is 6.34. The third-order valence-electron chi connectivity index (χ3n) is 1.72. The molecule has 0 atom stereocenters. The predicted octanol–water partition coefficient (Wildman–Crippen LogP) is 3.44. The second-order valence-electron chi connectivity index (χ2n) is 2.42. The Morgan fingerprint density at radius 1 is 1.36 bits per heavy atom. The maximum atomic E-state index is 4.25. The van der Waals surface area contributed by atoms with Crippen LogP contribution in [0.3, 0.4) is 0 Å². The zero-order valence-electron chi connectivity index (χ0n) is 6.47. The summed E-state index contributed by atoms with van der Waals surface area (Å²) in [6.07, 6.45) is 1.08. The number of thiol groups is 1. The lowest BCUT2D eigenvalue weighted by molar-refractivity contribution is 1.10. The zero-order valence-corrected chi connectivity index (χ0v) is 8.95. The van der Waals surface area contributed by atoms with E-state index in [-0.39, 0.29) is 0 Å². The van der Waals surface area contributed by atoms with Gasteiger partial charge in [-0.15, -0.1) is 0 Å². The minimum Gasteiger partial charge on any atom is -0.175 e. The second kappa shape index (κ2) is 4.17. The Hall–Kier alpha value is 0.0500. The normalized spacial score (nSPS) is 10.1. The molecule has 0 nitrogen and oxygen atoms in total. The van der Waals surface area contributed by atoms with Crippen LogP contribution >= 0.6 is 28.6 Å². The maximum Gasteiger partial charge on any atom is 0.0178 e. The van der Waals surface area contributed by atoms with Crippen LogP contribution in [0.4, 0.5) is 0 Å². The molecule has 60 valence electrons.